The highest BCUT2D eigenvalue weighted by Crippen LogP contribution is 2.11. The van der Waals surface area contributed by atoms with Crippen LogP contribution in [0.2, 0.25) is 0 Å². The Labute approximate surface area is 115 Å². The zero-order valence-corrected chi connectivity index (χ0v) is 12.5. The monoisotopic (exact) mass is 288 g/mol. The first-order chi connectivity index (χ1) is 9.11. The summed E-state index contributed by atoms with van der Waals surface area (Å²) < 4.78 is 26.8. The molecule has 0 aromatic carbocycles. The van der Waals surface area contributed by atoms with E-state index in [-0.39, 0.29) is 5.03 Å². The van der Waals surface area contributed by atoms with E-state index in [1.807, 2.05) is 0 Å². The van der Waals surface area contributed by atoms with Gasteiger partial charge in [-0.05, 0) is 19.4 Å². The van der Waals surface area contributed by atoms with E-state index in [0.717, 1.165) is 32.2 Å². The molecule has 0 saturated carbocycles. The van der Waals surface area contributed by atoms with Crippen molar-refractivity contribution in [3.63, 3.8) is 0 Å². The van der Waals surface area contributed by atoms with Gasteiger partial charge in [-0.15, -0.1) is 0 Å². The molecule has 0 radical (unpaired) electrons. The Morgan fingerprint density at radius 1 is 1.21 bits per heavy atom. The molecule has 0 fully saturated rings. The van der Waals surface area contributed by atoms with E-state index < -0.39 is 10.0 Å². The Morgan fingerprint density at radius 3 is 2.68 bits per heavy atom. The van der Waals surface area contributed by atoms with Crippen molar-refractivity contribution in [1.29, 1.82) is 0 Å². The van der Waals surface area contributed by atoms with Crippen molar-refractivity contribution >= 4 is 10.0 Å². The minimum atomic E-state index is -3.47. The van der Waals surface area contributed by atoms with Crippen LogP contribution in [0.5, 0.6) is 0 Å². The molecule has 0 atom stereocenters. The molecule has 0 spiro atoms. The molecule has 0 bridgehead atoms. The van der Waals surface area contributed by atoms with Crippen LogP contribution in [0.15, 0.2) is 11.2 Å². The lowest BCUT2D eigenvalue weighted by Gasteiger charge is -2.07. The van der Waals surface area contributed by atoms with Crippen molar-refractivity contribution in [2.45, 2.75) is 51.1 Å². The summed E-state index contributed by atoms with van der Waals surface area (Å²) in [4.78, 5) is 0. The summed E-state index contributed by atoms with van der Waals surface area (Å²) >= 11 is 0. The van der Waals surface area contributed by atoms with Crippen molar-refractivity contribution in [1.82, 2.24) is 20.2 Å². The highest BCUT2D eigenvalue weighted by Gasteiger charge is 2.19. The molecular formula is C12H24N4O2S. The van der Waals surface area contributed by atoms with E-state index >= 15 is 0 Å². The molecule has 1 aromatic heterocycles. The van der Waals surface area contributed by atoms with Gasteiger partial charge in [-0.3, -0.25) is 5.10 Å². The van der Waals surface area contributed by atoms with Gasteiger partial charge in [0.1, 0.15) is 0 Å². The van der Waals surface area contributed by atoms with Gasteiger partial charge in [-0.1, -0.05) is 26.7 Å². The van der Waals surface area contributed by atoms with Crippen LogP contribution >= 0.6 is 0 Å². The molecule has 1 heterocycles. The summed E-state index contributed by atoms with van der Waals surface area (Å²) in [6.45, 7) is 5.98. The Morgan fingerprint density at radius 2 is 2.00 bits per heavy atom. The summed E-state index contributed by atoms with van der Waals surface area (Å²) in [7, 11) is -3.47. The maximum Gasteiger partial charge on any atom is 0.257 e. The molecular weight excluding hydrogens is 264 g/mol. The summed E-state index contributed by atoms with van der Waals surface area (Å²) in [5, 5.41) is 9.75. The minimum Gasteiger partial charge on any atom is -0.313 e. The predicted octanol–water partition coefficient (Wildman–Crippen LogP) is 1.38. The lowest BCUT2D eigenvalue weighted by Crippen LogP contribution is -2.27. The summed E-state index contributed by atoms with van der Waals surface area (Å²) in [6.07, 6.45) is 5.51. The standard InChI is InChI=1S/C12H24N4O2S/c1-3-5-6-8-15-19(17,18)12-11(10-14-16-12)9-13-7-4-2/h10,13,15H,3-9H2,1-2H3,(H,14,16). The molecule has 0 aliphatic rings. The zero-order chi connectivity index (χ0) is 14.1. The number of H-pyrrole nitrogens is 1. The second-order valence-corrected chi connectivity index (χ2v) is 6.21. The Kier molecular flexibility index (Phi) is 7.04. The van der Waals surface area contributed by atoms with Crippen LogP contribution in [0.4, 0.5) is 0 Å². The van der Waals surface area contributed by atoms with E-state index in [0.29, 0.717) is 18.7 Å². The van der Waals surface area contributed by atoms with Crippen molar-refractivity contribution < 1.29 is 8.42 Å². The normalized spacial score (nSPS) is 11.9. The quantitative estimate of drug-likeness (QED) is 0.568. The molecule has 110 valence electrons. The Bertz CT molecular complexity index is 456. The molecule has 19 heavy (non-hydrogen) atoms. The van der Waals surface area contributed by atoms with Crippen molar-refractivity contribution in [3.05, 3.63) is 11.8 Å². The van der Waals surface area contributed by atoms with Gasteiger partial charge in [-0.2, -0.15) is 5.10 Å². The van der Waals surface area contributed by atoms with Gasteiger partial charge in [0, 0.05) is 18.7 Å². The van der Waals surface area contributed by atoms with Crippen LogP contribution in [0, 0.1) is 0 Å². The van der Waals surface area contributed by atoms with Gasteiger partial charge in [0.25, 0.3) is 10.0 Å². The number of nitrogens with zero attached hydrogens (tertiary/aromatic N) is 1. The minimum absolute atomic E-state index is 0.174. The number of rotatable bonds is 10. The lowest BCUT2D eigenvalue weighted by molar-refractivity contribution is 0.568. The van der Waals surface area contributed by atoms with E-state index in [1.54, 1.807) is 6.20 Å². The first kappa shape index (κ1) is 16.1. The maximum absolute atomic E-state index is 12.1. The summed E-state index contributed by atoms with van der Waals surface area (Å²) in [5.74, 6) is 0. The average molecular weight is 288 g/mol. The van der Waals surface area contributed by atoms with E-state index in [2.05, 4.69) is 34.1 Å². The Hall–Kier alpha value is -0.920. The molecule has 0 amide bonds. The average Bonchev–Trinajstić information content (AvgIpc) is 2.84. The molecule has 7 heteroatoms. The van der Waals surface area contributed by atoms with Crippen molar-refractivity contribution in [3.8, 4) is 0 Å². The highest BCUT2D eigenvalue weighted by atomic mass is 32.2. The fraction of sp³-hybridized carbons (Fsp3) is 0.750. The molecule has 1 aromatic rings. The molecule has 0 aliphatic carbocycles. The van der Waals surface area contributed by atoms with E-state index in [4.69, 9.17) is 0 Å². The molecule has 3 N–H and O–H groups in total. The van der Waals surface area contributed by atoms with Crippen LogP contribution in [-0.4, -0.2) is 31.7 Å². The third-order valence-corrected chi connectivity index (χ3v) is 4.24. The van der Waals surface area contributed by atoms with E-state index in [1.165, 1.54) is 0 Å². The van der Waals surface area contributed by atoms with Crippen LogP contribution < -0.4 is 10.0 Å². The fourth-order valence-corrected chi connectivity index (χ4v) is 2.91. The second kappa shape index (κ2) is 8.29. The number of hydrogen-bond donors (Lipinski definition) is 3. The first-order valence-electron chi connectivity index (χ1n) is 6.84. The van der Waals surface area contributed by atoms with Gasteiger partial charge in [-0.25, -0.2) is 13.1 Å². The lowest BCUT2D eigenvalue weighted by atomic mass is 10.3. The van der Waals surface area contributed by atoms with E-state index in [9.17, 15) is 8.42 Å². The first-order valence-corrected chi connectivity index (χ1v) is 8.32. The zero-order valence-electron chi connectivity index (χ0n) is 11.7. The largest absolute Gasteiger partial charge is 0.313 e. The molecule has 1 rings (SSSR count). The van der Waals surface area contributed by atoms with Crippen molar-refractivity contribution in [2.24, 2.45) is 0 Å². The number of hydrogen-bond acceptors (Lipinski definition) is 4. The summed E-state index contributed by atoms with van der Waals surface area (Å²) in [6, 6.07) is 0. The van der Waals surface area contributed by atoms with Crippen molar-refractivity contribution in [2.75, 3.05) is 13.1 Å². The number of unbranched alkanes of at least 4 members (excludes halogenated alkanes) is 2. The van der Waals surface area contributed by atoms with Crippen LogP contribution in [0.1, 0.15) is 45.1 Å². The Balaban J connectivity index is 2.59. The van der Waals surface area contributed by atoms with Gasteiger partial charge in [0.05, 0.1) is 6.20 Å². The fourth-order valence-electron chi connectivity index (χ4n) is 1.71. The third-order valence-electron chi connectivity index (χ3n) is 2.76. The van der Waals surface area contributed by atoms with Crippen LogP contribution in [0.25, 0.3) is 0 Å². The number of aromatic amines is 1. The molecule has 0 unspecified atom stereocenters. The van der Waals surface area contributed by atoms with Crippen LogP contribution in [-0.2, 0) is 16.6 Å². The second-order valence-electron chi connectivity index (χ2n) is 4.51. The number of aromatic nitrogens is 2. The number of sulfonamides is 1. The molecule has 6 nitrogen and oxygen atoms in total. The van der Waals surface area contributed by atoms with Gasteiger partial charge < -0.3 is 5.32 Å². The van der Waals surface area contributed by atoms with Crippen LogP contribution in [0.3, 0.4) is 0 Å². The van der Waals surface area contributed by atoms with Gasteiger partial charge >= 0.3 is 0 Å². The van der Waals surface area contributed by atoms with Gasteiger partial charge in [0.15, 0.2) is 5.03 Å². The maximum atomic E-state index is 12.1. The third kappa shape index (κ3) is 5.30. The summed E-state index contributed by atoms with van der Waals surface area (Å²) in [5.41, 5.74) is 0.677. The highest BCUT2D eigenvalue weighted by molar-refractivity contribution is 7.89. The number of nitrogens with one attached hydrogen (secondary N) is 3. The smallest absolute Gasteiger partial charge is 0.257 e. The van der Waals surface area contributed by atoms with Gasteiger partial charge in [0.2, 0.25) is 0 Å². The molecule has 0 aliphatic heterocycles. The molecule has 0 saturated heterocycles. The SMILES string of the molecule is CCCCCNS(=O)(=O)c1[nH]ncc1CNCCC. The predicted molar refractivity (Wildman–Crippen MR) is 75.3 cm³/mol. The topological polar surface area (TPSA) is 86.9 Å².